The van der Waals surface area contributed by atoms with Crippen LogP contribution in [0.4, 0.5) is 10.5 Å². The third-order valence-corrected chi connectivity index (χ3v) is 1.87. The van der Waals surface area contributed by atoms with E-state index in [2.05, 4.69) is 31.8 Å². The first-order chi connectivity index (χ1) is 6.72. The van der Waals surface area contributed by atoms with E-state index in [0.717, 1.165) is 4.47 Å². The second kappa shape index (κ2) is 5.39. The SMILES string of the molecule is C/C=N/NC(=O)Nc1cccc(Br)c1. The van der Waals surface area contributed by atoms with Gasteiger partial charge in [-0.25, -0.2) is 10.2 Å². The molecule has 4 nitrogen and oxygen atoms in total. The zero-order valence-electron chi connectivity index (χ0n) is 7.62. The molecule has 0 bridgehead atoms. The maximum Gasteiger partial charge on any atom is 0.339 e. The number of rotatable bonds is 2. The molecule has 0 radical (unpaired) electrons. The number of carbonyl (C=O) groups is 1. The molecule has 0 aliphatic carbocycles. The van der Waals surface area contributed by atoms with Crippen molar-refractivity contribution in [1.29, 1.82) is 0 Å². The molecule has 1 rings (SSSR count). The van der Waals surface area contributed by atoms with Crippen LogP contribution in [0.2, 0.25) is 0 Å². The fraction of sp³-hybridized carbons (Fsp3) is 0.111. The van der Waals surface area contributed by atoms with Crippen LogP contribution in [0.25, 0.3) is 0 Å². The number of amides is 2. The van der Waals surface area contributed by atoms with Gasteiger partial charge in [-0.15, -0.1) is 0 Å². The van der Waals surface area contributed by atoms with Crippen molar-refractivity contribution in [3.8, 4) is 0 Å². The summed E-state index contributed by atoms with van der Waals surface area (Å²) in [5, 5.41) is 6.22. The maximum atomic E-state index is 11.1. The summed E-state index contributed by atoms with van der Waals surface area (Å²) in [4.78, 5) is 11.1. The van der Waals surface area contributed by atoms with Crippen LogP contribution in [-0.2, 0) is 0 Å². The zero-order chi connectivity index (χ0) is 10.4. The number of halogens is 1. The Kier molecular flexibility index (Phi) is 4.12. The first-order valence-electron chi connectivity index (χ1n) is 4.02. The number of carbonyl (C=O) groups excluding carboxylic acids is 1. The van der Waals surface area contributed by atoms with E-state index < -0.39 is 0 Å². The van der Waals surface area contributed by atoms with E-state index >= 15 is 0 Å². The molecule has 0 aliphatic heterocycles. The van der Waals surface area contributed by atoms with E-state index in [4.69, 9.17) is 0 Å². The molecule has 0 fully saturated rings. The molecule has 0 unspecified atom stereocenters. The fourth-order valence-corrected chi connectivity index (χ4v) is 1.25. The molecule has 1 aromatic carbocycles. The van der Waals surface area contributed by atoms with Gasteiger partial charge < -0.3 is 5.32 Å². The summed E-state index contributed by atoms with van der Waals surface area (Å²) in [6.45, 7) is 1.72. The van der Waals surface area contributed by atoms with Gasteiger partial charge in [0.1, 0.15) is 0 Å². The topological polar surface area (TPSA) is 53.5 Å². The third kappa shape index (κ3) is 3.57. The van der Waals surface area contributed by atoms with Crippen LogP contribution >= 0.6 is 15.9 Å². The summed E-state index contributed by atoms with van der Waals surface area (Å²) >= 11 is 3.30. The highest BCUT2D eigenvalue weighted by Gasteiger charge is 1.98. The van der Waals surface area contributed by atoms with Gasteiger partial charge in [0.25, 0.3) is 0 Å². The minimum Gasteiger partial charge on any atom is -0.306 e. The van der Waals surface area contributed by atoms with Crippen LogP contribution in [0.3, 0.4) is 0 Å². The number of anilines is 1. The number of hydrogen-bond donors (Lipinski definition) is 2. The minimum atomic E-state index is -0.360. The quantitative estimate of drug-likeness (QED) is 0.620. The summed E-state index contributed by atoms with van der Waals surface area (Å²) in [6.07, 6.45) is 1.50. The lowest BCUT2D eigenvalue weighted by atomic mass is 10.3. The van der Waals surface area contributed by atoms with Crippen LogP contribution in [-0.4, -0.2) is 12.2 Å². The Morgan fingerprint density at radius 1 is 1.57 bits per heavy atom. The largest absolute Gasteiger partial charge is 0.339 e. The van der Waals surface area contributed by atoms with E-state index in [1.807, 2.05) is 12.1 Å². The Labute approximate surface area is 90.5 Å². The first kappa shape index (κ1) is 10.7. The lowest BCUT2D eigenvalue weighted by Gasteiger charge is -2.03. The predicted molar refractivity (Wildman–Crippen MR) is 60.5 cm³/mol. The van der Waals surface area contributed by atoms with Crippen molar-refractivity contribution in [2.75, 3.05) is 5.32 Å². The van der Waals surface area contributed by atoms with Crippen LogP contribution in [0.15, 0.2) is 33.8 Å². The molecule has 0 aliphatic rings. The molecule has 2 N–H and O–H groups in total. The Balaban J connectivity index is 2.56. The molecular weight excluding hydrogens is 246 g/mol. The van der Waals surface area contributed by atoms with Crippen molar-refractivity contribution in [3.63, 3.8) is 0 Å². The van der Waals surface area contributed by atoms with Crippen LogP contribution in [0.1, 0.15) is 6.92 Å². The van der Waals surface area contributed by atoms with Crippen molar-refractivity contribution < 1.29 is 4.79 Å². The van der Waals surface area contributed by atoms with Gasteiger partial charge in [-0.05, 0) is 25.1 Å². The summed E-state index contributed by atoms with van der Waals surface area (Å²) in [7, 11) is 0. The second-order valence-corrected chi connectivity index (χ2v) is 3.38. The molecule has 0 saturated carbocycles. The van der Waals surface area contributed by atoms with Crippen molar-refractivity contribution in [2.24, 2.45) is 5.10 Å². The van der Waals surface area contributed by atoms with Gasteiger partial charge in [0.2, 0.25) is 0 Å². The summed E-state index contributed by atoms with van der Waals surface area (Å²) in [5.74, 6) is 0. The van der Waals surface area contributed by atoms with Gasteiger partial charge >= 0.3 is 6.03 Å². The van der Waals surface area contributed by atoms with Crippen molar-refractivity contribution in [1.82, 2.24) is 5.43 Å². The van der Waals surface area contributed by atoms with E-state index in [-0.39, 0.29) is 6.03 Å². The molecule has 74 valence electrons. The molecule has 0 spiro atoms. The summed E-state index contributed by atoms with van der Waals surface area (Å²) < 4.78 is 0.911. The van der Waals surface area contributed by atoms with Crippen LogP contribution in [0, 0.1) is 0 Å². The molecule has 0 heterocycles. The second-order valence-electron chi connectivity index (χ2n) is 2.46. The van der Waals surface area contributed by atoms with Gasteiger partial charge in [-0.1, -0.05) is 22.0 Å². The van der Waals surface area contributed by atoms with Crippen molar-refractivity contribution >= 4 is 33.9 Å². The number of nitrogens with zero attached hydrogens (tertiary/aromatic N) is 1. The van der Waals surface area contributed by atoms with Gasteiger partial charge in [-0.2, -0.15) is 5.10 Å². The van der Waals surface area contributed by atoms with Crippen LogP contribution < -0.4 is 10.7 Å². The molecule has 2 amide bonds. The maximum absolute atomic E-state index is 11.1. The highest BCUT2D eigenvalue weighted by molar-refractivity contribution is 9.10. The molecule has 5 heteroatoms. The average molecular weight is 256 g/mol. The van der Waals surface area contributed by atoms with Crippen molar-refractivity contribution in [3.05, 3.63) is 28.7 Å². The van der Waals surface area contributed by atoms with Gasteiger partial charge in [-0.3, -0.25) is 0 Å². The van der Waals surface area contributed by atoms with Crippen molar-refractivity contribution in [2.45, 2.75) is 6.92 Å². The first-order valence-corrected chi connectivity index (χ1v) is 4.82. The number of nitrogens with one attached hydrogen (secondary N) is 2. The van der Waals surface area contributed by atoms with Crippen LogP contribution in [0.5, 0.6) is 0 Å². The lowest BCUT2D eigenvalue weighted by molar-refractivity contribution is 0.252. The molecule has 0 saturated heterocycles. The lowest BCUT2D eigenvalue weighted by Crippen LogP contribution is -2.23. The molecule has 0 aromatic heterocycles. The van der Waals surface area contributed by atoms with E-state index in [0.29, 0.717) is 5.69 Å². The van der Waals surface area contributed by atoms with E-state index in [1.54, 1.807) is 19.1 Å². The number of hydrogen-bond acceptors (Lipinski definition) is 2. The Bertz CT molecular complexity index is 352. The van der Waals surface area contributed by atoms with E-state index in [1.165, 1.54) is 6.21 Å². The molecule has 1 aromatic rings. The number of hydrazone groups is 1. The summed E-state index contributed by atoms with van der Waals surface area (Å²) in [5.41, 5.74) is 3.02. The third-order valence-electron chi connectivity index (χ3n) is 1.38. The average Bonchev–Trinajstić information content (AvgIpc) is 2.15. The molecule has 0 atom stereocenters. The highest BCUT2D eigenvalue weighted by atomic mass is 79.9. The molecular formula is C9H10BrN3O. The normalized spacial score (nSPS) is 10.1. The fourth-order valence-electron chi connectivity index (χ4n) is 0.848. The minimum absolute atomic E-state index is 0.360. The number of urea groups is 1. The standard InChI is InChI=1S/C9H10BrN3O/c1-2-11-13-9(14)12-8-5-3-4-7(10)6-8/h2-6H,1H3,(H2,12,13,14)/b11-2+. The summed E-state index contributed by atoms with van der Waals surface area (Å²) in [6, 6.07) is 6.95. The number of benzene rings is 1. The van der Waals surface area contributed by atoms with E-state index in [9.17, 15) is 4.79 Å². The Hall–Kier alpha value is -1.36. The Morgan fingerprint density at radius 2 is 2.36 bits per heavy atom. The highest BCUT2D eigenvalue weighted by Crippen LogP contribution is 2.15. The monoisotopic (exact) mass is 255 g/mol. The molecule has 14 heavy (non-hydrogen) atoms. The van der Waals surface area contributed by atoms with Gasteiger partial charge in [0.05, 0.1) is 0 Å². The zero-order valence-corrected chi connectivity index (χ0v) is 9.21. The smallest absolute Gasteiger partial charge is 0.306 e. The van der Waals surface area contributed by atoms with Gasteiger partial charge in [0, 0.05) is 16.4 Å². The van der Waals surface area contributed by atoms with Gasteiger partial charge in [0.15, 0.2) is 0 Å². The Morgan fingerprint density at radius 3 is 3.00 bits per heavy atom. The predicted octanol–water partition coefficient (Wildman–Crippen LogP) is 2.58.